The quantitative estimate of drug-likeness (QED) is 0.481. The first-order valence-corrected chi connectivity index (χ1v) is 7.46. The van der Waals surface area contributed by atoms with Crippen LogP contribution >= 0.6 is 0 Å². The van der Waals surface area contributed by atoms with Gasteiger partial charge in [0.25, 0.3) is 0 Å². The van der Waals surface area contributed by atoms with E-state index in [0.29, 0.717) is 0 Å². The minimum absolute atomic E-state index is 0.736. The second-order valence-corrected chi connectivity index (χ2v) is 5.10. The Labute approximate surface area is 126 Å². The molecular weight excluding hydrogens is 262 g/mol. The molecule has 112 valence electrons. The van der Waals surface area contributed by atoms with E-state index in [1.54, 1.807) is 6.20 Å². The summed E-state index contributed by atoms with van der Waals surface area (Å²) in [7, 11) is 0. The fourth-order valence-electron chi connectivity index (χ4n) is 2.22. The smallest absolute Gasteiger partial charge is 0.146 e. The number of anilines is 1. The molecule has 0 saturated carbocycles. The number of nitrogens with one attached hydrogen (secondary N) is 1. The molecular formula is C16H23N5. The van der Waals surface area contributed by atoms with Gasteiger partial charge in [0, 0.05) is 24.0 Å². The van der Waals surface area contributed by atoms with Crippen LogP contribution in [0.4, 0.5) is 5.82 Å². The monoisotopic (exact) mass is 285 g/mol. The molecule has 0 saturated heterocycles. The number of aryl methyl sites for hydroxylation is 2. The van der Waals surface area contributed by atoms with Crippen LogP contribution < -0.4 is 5.43 Å². The van der Waals surface area contributed by atoms with E-state index in [2.05, 4.69) is 39.1 Å². The van der Waals surface area contributed by atoms with Crippen LogP contribution in [0.1, 0.15) is 43.1 Å². The minimum Gasteiger partial charge on any atom is -0.269 e. The van der Waals surface area contributed by atoms with Crippen molar-refractivity contribution < 1.29 is 0 Å². The maximum atomic E-state index is 4.59. The van der Waals surface area contributed by atoms with Crippen LogP contribution in [-0.4, -0.2) is 21.0 Å². The highest BCUT2D eigenvalue weighted by Crippen LogP contribution is 2.12. The molecule has 2 heterocycles. The summed E-state index contributed by atoms with van der Waals surface area (Å²) in [6, 6.07) is 5.68. The summed E-state index contributed by atoms with van der Waals surface area (Å²) in [5, 5.41) is 8.84. The first-order valence-electron chi connectivity index (χ1n) is 7.46. The van der Waals surface area contributed by atoms with E-state index in [1.165, 1.54) is 19.3 Å². The fourth-order valence-corrected chi connectivity index (χ4v) is 2.22. The molecule has 5 nitrogen and oxygen atoms in total. The van der Waals surface area contributed by atoms with Crippen LogP contribution in [0.2, 0.25) is 0 Å². The predicted molar refractivity (Wildman–Crippen MR) is 86.7 cm³/mol. The van der Waals surface area contributed by atoms with Gasteiger partial charge in [0.05, 0.1) is 11.9 Å². The van der Waals surface area contributed by atoms with Gasteiger partial charge in [0.2, 0.25) is 0 Å². The molecule has 0 amide bonds. The van der Waals surface area contributed by atoms with Gasteiger partial charge in [-0.2, -0.15) is 10.2 Å². The van der Waals surface area contributed by atoms with Crippen molar-refractivity contribution in [2.75, 3.05) is 5.43 Å². The van der Waals surface area contributed by atoms with Crippen LogP contribution in [0, 0.1) is 13.8 Å². The Kier molecular flexibility index (Phi) is 5.49. The van der Waals surface area contributed by atoms with Crippen LogP contribution in [-0.2, 0) is 6.54 Å². The van der Waals surface area contributed by atoms with E-state index >= 15 is 0 Å². The van der Waals surface area contributed by atoms with Crippen molar-refractivity contribution in [3.8, 4) is 0 Å². The fraction of sp³-hybridized carbons (Fsp3) is 0.438. The number of aromatic nitrogens is 3. The van der Waals surface area contributed by atoms with Gasteiger partial charge in [-0.05, 0) is 32.4 Å². The number of pyridine rings is 1. The topological polar surface area (TPSA) is 55.1 Å². The SMILES string of the molecule is CCCCCn1nc(C)c(C=NNc2ccccn2)c1C. The molecule has 0 atom stereocenters. The van der Waals surface area contributed by atoms with Gasteiger partial charge in [-0.25, -0.2) is 4.98 Å². The molecule has 0 unspecified atom stereocenters. The summed E-state index contributed by atoms with van der Waals surface area (Å²) >= 11 is 0. The van der Waals surface area contributed by atoms with Crippen LogP contribution in [0.25, 0.3) is 0 Å². The zero-order valence-corrected chi connectivity index (χ0v) is 13.0. The number of nitrogens with zero attached hydrogens (tertiary/aromatic N) is 4. The van der Waals surface area contributed by atoms with Crippen molar-refractivity contribution in [3.63, 3.8) is 0 Å². The molecule has 0 aromatic carbocycles. The van der Waals surface area contributed by atoms with Gasteiger partial charge in [-0.15, -0.1) is 0 Å². The van der Waals surface area contributed by atoms with E-state index in [9.17, 15) is 0 Å². The van der Waals surface area contributed by atoms with Crippen LogP contribution in [0.5, 0.6) is 0 Å². The van der Waals surface area contributed by atoms with Crippen LogP contribution in [0.3, 0.4) is 0 Å². The van der Waals surface area contributed by atoms with E-state index in [4.69, 9.17) is 0 Å². The third-order valence-corrected chi connectivity index (χ3v) is 3.45. The maximum Gasteiger partial charge on any atom is 0.146 e. The number of rotatable bonds is 7. The Bertz CT molecular complexity index is 586. The lowest BCUT2D eigenvalue weighted by Gasteiger charge is -2.03. The van der Waals surface area contributed by atoms with Crippen molar-refractivity contribution in [1.82, 2.24) is 14.8 Å². The highest BCUT2D eigenvalue weighted by Gasteiger charge is 2.09. The van der Waals surface area contributed by atoms with Gasteiger partial charge >= 0.3 is 0 Å². The molecule has 2 aromatic heterocycles. The molecule has 21 heavy (non-hydrogen) atoms. The van der Waals surface area contributed by atoms with Gasteiger partial charge < -0.3 is 0 Å². The molecule has 0 aliphatic rings. The molecule has 0 fully saturated rings. The summed E-state index contributed by atoms with van der Waals surface area (Å²) in [6.45, 7) is 7.30. The average Bonchev–Trinajstić information content (AvgIpc) is 2.76. The standard InChI is InChI=1S/C16H23N5/c1-4-5-8-11-21-14(3)15(13(2)20-21)12-18-19-16-9-6-7-10-17-16/h6-7,9-10,12H,4-5,8,11H2,1-3H3,(H,17,19). The van der Waals surface area contributed by atoms with Crippen LogP contribution in [0.15, 0.2) is 29.5 Å². The average molecular weight is 285 g/mol. The maximum absolute atomic E-state index is 4.59. The zero-order chi connectivity index (χ0) is 15.1. The lowest BCUT2D eigenvalue weighted by Crippen LogP contribution is -2.03. The first kappa shape index (κ1) is 15.2. The van der Waals surface area contributed by atoms with Crippen molar-refractivity contribution in [3.05, 3.63) is 41.3 Å². The molecule has 2 aromatic rings. The van der Waals surface area contributed by atoms with Gasteiger partial charge in [-0.3, -0.25) is 10.1 Å². The Morgan fingerprint density at radius 1 is 1.29 bits per heavy atom. The van der Waals surface area contributed by atoms with Crippen molar-refractivity contribution in [2.24, 2.45) is 5.10 Å². The molecule has 0 aliphatic carbocycles. The predicted octanol–water partition coefficient (Wildman–Crippen LogP) is 3.53. The highest BCUT2D eigenvalue weighted by atomic mass is 15.3. The summed E-state index contributed by atoms with van der Waals surface area (Å²) in [4.78, 5) is 4.16. The lowest BCUT2D eigenvalue weighted by atomic mass is 10.2. The number of hydrogen-bond acceptors (Lipinski definition) is 4. The Balaban J connectivity index is 2.02. The van der Waals surface area contributed by atoms with Crippen molar-refractivity contribution >= 4 is 12.0 Å². The van der Waals surface area contributed by atoms with Gasteiger partial charge in [-0.1, -0.05) is 25.8 Å². The van der Waals surface area contributed by atoms with Gasteiger partial charge in [0.1, 0.15) is 5.82 Å². The molecule has 5 heteroatoms. The molecule has 0 bridgehead atoms. The molecule has 1 N–H and O–H groups in total. The Morgan fingerprint density at radius 2 is 2.14 bits per heavy atom. The van der Waals surface area contributed by atoms with E-state index < -0.39 is 0 Å². The highest BCUT2D eigenvalue weighted by molar-refractivity contribution is 5.83. The third-order valence-electron chi connectivity index (χ3n) is 3.45. The second kappa shape index (κ2) is 7.57. The van der Waals surface area contributed by atoms with E-state index in [0.717, 1.165) is 29.3 Å². The van der Waals surface area contributed by atoms with E-state index in [-0.39, 0.29) is 0 Å². The molecule has 0 radical (unpaired) electrons. The van der Waals surface area contributed by atoms with Gasteiger partial charge in [0.15, 0.2) is 0 Å². The number of hydrogen-bond donors (Lipinski definition) is 1. The first-order chi connectivity index (χ1) is 10.2. The van der Waals surface area contributed by atoms with Crippen molar-refractivity contribution in [1.29, 1.82) is 0 Å². The summed E-state index contributed by atoms with van der Waals surface area (Å²) in [5.74, 6) is 0.736. The molecule has 0 spiro atoms. The molecule has 2 rings (SSSR count). The lowest BCUT2D eigenvalue weighted by molar-refractivity contribution is 0.540. The third kappa shape index (κ3) is 4.15. The number of unbranched alkanes of at least 4 members (excludes halogenated alkanes) is 2. The summed E-state index contributed by atoms with van der Waals surface area (Å²) in [6.07, 6.45) is 7.19. The summed E-state index contributed by atoms with van der Waals surface area (Å²) in [5.41, 5.74) is 6.18. The summed E-state index contributed by atoms with van der Waals surface area (Å²) < 4.78 is 2.08. The minimum atomic E-state index is 0.736. The van der Waals surface area contributed by atoms with E-state index in [1.807, 2.05) is 31.3 Å². The Morgan fingerprint density at radius 3 is 2.86 bits per heavy atom. The van der Waals surface area contributed by atoms with Crippen molar-refractivity contribution in [2.45, 2.75) is 46.6 Å². The zero-order valence-electron chi connectivity index (χ0n) is 13.0. The molecule has 0 aliphatic heterocycles. The largest absolute Gasteiger partial charge is 0.269 e. The second-order valence-electron chi connectivity index (χ2n) is 5.10. The Hall–Kier alpha value is -2.17. The normalized spacial score (nSPS) is 11.2. The number of hydrazone groups is 1.